The van der Waals surface area contributed by atoms with Gasteiger partial charge in [-0.2, -0.15) is 0 Å². The van der Waals surface area contributed by atoms with E-state index in [1.54, 1.807) is 6.92 Å². The van der Waals surface area contributed by atoms with Crippen LogP contribution in [0.25, 0.3) is 0 Å². The predicted molar refractivity (Wildman–Crippen MR) is 114 cm³/mol. The molecule has 0 aromatic heterocycles. The van der Waals surface area contributed by atoms with Gasteiger partial charge in [0.15, 0.2) is 5.79 Å². The molecule has 6 nitrogen and oxygen atoms in total. The molecule has 0 aromatic rings. The van der Waals surface area contributed by atoms with Crippen LogP contribution >= 0.6 is 0 Å². The van der Waals surface area contributed by atoms with Gasteiger partial charge in [0.1, 0.15) is 5.78 Å². The van der Waals surface area contributed by atoms with Crippen LogP contribution in [0.3, 0.4) is 0 Å². The number of hydrogen-bond acceptors (Lipinski definition) is 5. The van der Waals surface area contributed by atoms with E-state index in [-0.39, 0.29) is 23.0 Å². The molecule has 0 spiro atoms. The van der Waals surface area contributed by atoms with Crippen LogP contribution in [0.1, 0.15) is 80.1 Å². The zero-order valence-electron chi connectivity index (χ0n) is 19.3. The van der Waals surface area contributed by atoms with E-state index in [1.807, 2.05) is 41.7 Å². The summed E-state index contributed by atoms with van der Waals surface area (Å²) in [5, 5.41) is 6.01. The molecule has 1 aliphatic carbocycles. The Kier molecular flexibility index (Phi) is 13.6. The Morgan fingerprint density at radius 1 is 1.07 bits per heavy atom. The lowest BCUT2D eigenvalue weighted by molar-refractivity contribution is -0.230. The number of carbonyl (C=O) groups is 2. The maximum atomic E-state index is 12.2. The molecule has 0 aromatic carbocycles. The fourth-order valence-electron chi connectivity index (χ4n) is 3.45. The standard InChI is InChI=1S/C20H38N2O4.C2H6/c1-16(19(3,4)15-17(2)23)14-18(24)22-11-13-26-20(8-6-7-9-20)25-12-10-21-5;1-2/h16,21H,6-15H2,1-5H3,(H,22,24);1-2H3. The quantitative estimate of drug-likeness (QED) is 0.364. The van der Waals surface area contributed by atoms with Crippen LogP contribution in [0.5, 0.6) is 0 Å². The molecular formula is C22H44N2O4. The lowest BCUT2D eigenvalue weighted by Crippen LogP contribution is -2.38. The fourth-order valence-corrected chi connectivity index (χ4v) is 3.45. The van der Waals surface area contributed by atoms with Crippen LogP contribution in [0, 0.1) is 11.3 Å². The summed E-state index contributed by atoms with van der Waals surface area (Å²) in [5.41, 5.74) is -0.172. The molecular weight excluding hydrogens is 356 g/mol. The van der Waals surface area contributed by atoms with Gasteiger partial charge in [-0.05, 0) is 38.1 Å². The van der Waals surface area contributed by atoms with Crippen LogP contribution in [-0.2, 0) is 19.1 Å². The maximum absolute atomic E-state index is 12.2. The zero-order chi connectivity index (χ0) is 21.6. The summed E-state index contributed by atoms with van der Waals surface area (Å²) in [6.07, 6.45) is 4.99. The third-order valence-electron chi connectivity index (χ3n) is 5.40. The number of amides is 1. The second-order valence-electron chi connectivity index (χ2n) is 8.24. The molecule has 0 radical (unpaired) electrons. The Bertz CT molecular complexity index is 446. The molecule has 166 valence electrons. The van der Waals surface area contributed by atoms with Gasteiger partial charge in [0.25, 0.3) is 0 Å². The normalized spacial score (nSPS) is 16.8. The molecule has 1 fully saturated rings. The highest BCUT2D eigenvalue weighted by Gasteiger charge is 2.35. The van der Waals surface area contributed by atoms with Crippen molar-refractivity contribution < 1.29 is 19.1 Å². The summed E-state index contributed by atoms with van der Waals surface area (Å²) in [4.78, 5) is 23.6. The van der Waals surface area contributed by atoms with Crippen molar-refractivity contribution in [1.29, 1.82) is 0 Å². The van der Waals surface area contributed by atoms with Gasteiger partial charge in [-0.1, -0.05) is 34.6 Å². The minimum Gasteiger partial charge on any atom is -0.354 e. The Balaban J connectivity index is 0.00000352. The third kappa shape index (κ3) is 10.5. The smallest absolute Gasteiger partial charge is 0.220 e. The molecule has 2 N–H and O–H groups in total. The summed E-state index contributed by atoms with van der Waals surface area (Å²) in [6.45, 7) is 14.1. The monoisotopic (exact) mass is 400 g/mol. The molecule has 0 saturated heterocycles. The molecule has 0 bridgehead atoms. The number of carbonyl (C=O) groups excluding carboxylic acids is 2. The fraction of sp³-hybridized carbons (Fsp3) is 0.909. The molecule has 0 heterocycles. The van der Waals surface area contributed by atoms with Gasteiger partial charge >= 0.3 is 0 Å². The molecule has 0 aliphatic heterocycles. The summed E-state index contributed by atoms with van der Waals surface area (Å²) >= 11 is 0. The van der Waals surface area contributed by atoms with Crippen LogP contribution in [0.4, 0.5) is 0 Å². The topological polar surface area (TPSA) is 76.7 Å². The summed E-state index contributed by atoms with van der Waals surface area (Å²) < 4.78 is 12.0. The van der Waals surface area contributed by atoms with Gasteiger partial charge in [0.2, 0.25) is 5.91 Å². The van der Waals surface area contributed by atoms with Crippen molar-refractivity contribution in [2.75, 3.05) is 33.4 Å². The zero-order valence-corrected chi connectivity index (χ0v) is 19.3. The second kappa shape index (κ2) is 14.1. The van der Waals surface area contributed by atoms with Crippen LogP contribution in [-0.4, -0.2) is 50.8 Å². The van der Waals surface area contributed by atoms with Crippen molar-refractivity contribution in [1.82, 2.24) is 10.6 Å². The first-order valence-electron chi connectivity index (χ1n) is 10.9. The number of Topliss-reactive ketones (excluding diaryl/α,β-unsaturated/α-hetero) is 1. The van der Waals surface area contributed by atoms with Crippen molar-refractivity contribution >= 4 is 11.7 Å². The van der Waals surface area contributed by atoms with Crippen molar-refractivity contribution in [2.45, 2.75) is 85.9 Å². The average molecular weight is 401 g/mol. The number of rotatable bonds is 13. The third-order valence-corrected chi connectivity index (χ3v) is 5.40. The summed E-state index contributed by atoms with van der Waals surface area (Å²) in [6, 6.07) is 0. The summed E-state index contributed by atoms with van der Waals surface area (Å²) in [5.74, 6) is -0.165. The lowest BCUT2D eigenvalue weighted by atomic mass is 9.74. The molecule has 1 rings (SSSR count). The molecule has 28 heavy (non-hydrogen) atoms. The second-order valence-corrected chi connectivity index (χ2v) is 8.24. The highest BCUT2D eigenvalue weighted by Crippen LogP contribution is 2.34. The van der Waals surface area contributed by atoms with E-state index < -0.39 is 5.79 Å². The average Bonchev–Trinajstić information content (AvgIpc) is 3.08. The molecule has 1 unspecified atom stereocenters. The van der Waals surface area contributed by atoms with Crippen LogP contribution in [0.2, 0.25) is 0 Å². The van der Waals surface area contributed by atoms with E-state index in [1.165, 1.54) is 0 Å². The first-order chi connectivity index (χ1) is 13.2. The lowest BCUT2D eigenvalue weighted by Gasteiger charge is -2.31. The van der Waals surface area contributed by atoms with Crippen molar-refractivity contribution in [3.8, 4) is 0 Å². The Hall–Kier alpha value is -0.980. The highest BCUT2D eigenvalue weighted by atomic mass is 16.7. The highest BCUT2D eigenvalue weighted by molar-refractivity contribution is 5.77. The molecule has 1 amide bonds. The summed E-state index contributed by atoms with van der Waals surface area (Å²) in [7, 11) is 1.90. The van der Waals surface area contributed by atoms with Gasteiger partial charge in [0.05, 0.1) is 13.2 Å². The first kappa shape index (κ1) is 27.0. The van der Waals surface area contributed by atoms with Crippen molar-refractivity contribution in [3.63, 3.8) is 0 Å². The number of ether oxygens (including phenoxy) is 2. The SMILES string of the molecule is CC.CNCCOC1(OCCNC(=O)CC(C)C(C)(C)CC(C)=O)CCCC1. The van der Waals surface area contributed by atoms with E-state index in [4.69, 9.17) is 9.47 Å². The van der Waals surface area contributed by atoms with Crippen LogP contribution < -0.4 is 10.6 Å². The van der Waals surface area contributed by atoms with Gasteiger partial charge < -0.3 is 24.9 Å². The van der Waals surface area contributed by atoms with E-state index >= 15 is 0 Å². The van der Waals surface area contributed by atoms with Gasteiger partial charge in [0, 0.05) is 38.8 Å². The Labute approximate surface area is 172 Å². The minimum absolute atomic E-state index is 0.00861. The van der Waals surface area contributed by atoms with Gasteiger partial charge in [-0.3, -0.25) is 4.79 Å². The van der Waals surface area contributed by atoms with E-state index in [0.29, 0.717) is 32.6 Å². The molecule has 1 aliphatic rings. The molecule has 1 atom stereocenters. The maximum Gasteiger partial charge on any atom is 0.220 e. The number of nitrogens with one attached hydrogen (secondary N) is 2. The number of hydrogen-bond donors (Lipinski definition) is 2. The van der Waals surface area contributed by atoms with E-state index in [2.05, 4.69) is 10.6 Å². The molecule has 1 saturated carbocycles. The number of ketones is 1. The Morgan fingerprint density at radius 2 is 1.61 bits per heavy atom. The largest absolute Gasteiger partial charge is 0.354 e. The first-order valence-corrected chi connectivity index (χ1v) is 10.9. The van der Waals surface area contributed by atoms with Gasteiger partial charge in [-0.25, -0.2) is 0 Å². The number of likely N-dealkylation sites (N-methyl/N-ethyl adjacent to an activating group) is 1. The van der Waals surface area contributed by atoms with Crippen molar-refractivity contribution in [3.05, 3.63) is 0 Å². The van der Waals surface area contributed by atoms with E-state index in [0.717, 1.165) is 32.2 Å². The van der Waals surface area contributed by atoms with Gasteiger partial charge in [-0.15, -0.1) is 0 Å². The predicted octanol–water partition coefficient (Wildman–Crippen LogP) is 3.68. The Morgan fingerprint density at radius 3 is 2.11 bits per heavy atom. The molecule has 6 heteroatoms. The van der Waals surface area contributed by atoms with Crippen LogP contribution in [0.15, 0.2) is 0 Å². The van der Waals surface area contributed by atoms with Crippen molar-refractivity contribution in [2.24, 2.45) is 11.3 Å². The minimum atomic E-state index is -0.474. The van der Waals surface area contributed by atoms with E-state index in [9.17, 15) is 9.59 Å².